The van der Waals surface area contributed by atoms with Gasteiger partial charge in [-0.25, -0.2) is 9.38 Å². The minimum atomic E-state index is -0.630. The second-order valence-corrected chi connectivity index (χ2v) is 7.18. The molecule has 134 valence electrons. The first kappa shape index (κ1) is 18.4. The Morgan fingerprint density at radius 2 is 1.96 bits per heavy atom. The lowest BCUT2D eigenvalue weighted by molar-refractivity contribution is -0.128. The Hall–Kier alpha value is -2.38. The Labute approximate surface area is 159 Å². The molecule has 0 saturated carbocycles. The van der Waals surface area contributed by atoms with E-state index in [0.717, 1.165) is 0 Å². The fraction of sp³-hybridized carbons (Fsp3) is 0.167. The Morgan fingerprint density at radius 3 is 2.65 bits per heavy atom. The first-order valence-electron chi connectivity index (χ1n) is 7.77. The lowest BCUT2D eigenvalue weighted by Gasteiger charge is -2.28. The van der Waals surface area contributed by atoms with Gasteiger partial charge in [-0.15, -0.1) is 0 Å². The third-order valence-corrected chi connectivity index (χ3v) is 5.32. The number of halogens is 2. The van der Waals surface area contributed by atoms with Crippen LogP contribution in [0.15, 0.2) is 53.5 Å². The Morgan fingerprint density at radius 1 is 1.27 bits per heavy atom. The van der Waals surface area contributed by atoms with Crippen LogP contribution >= 0.6 is 23.4 Å². The zero-order chi connectivity index (χ0) is 18.7. The second kappa shape index (κ2) is 7.88. The predicted octanol–water partition coefficient (Wildman–Crippen LogP) is 4.07. The molecule has 1 aliphatic rings. The van der Waals surface area contributed by atoms with Gasteiger partial charge in [0.25, 0.3) is 0 Å². The van der Waals surface area contributed by atoms with Crippen LogP contribution in [-0.4, -0.2) is 34.2 Å². The highest BCUT2D eigenvalue weighted by Crippen LogP contribution is 2.30. The van der Waals surface area contributed by atoms with Gasteiger partial charge < -0.3 is 5.32 Å². The average molecular weight is 392 g/mol. The van der Waals surface area contributed by atoms with E-state index in [0.29, 0.717) is 21.6 Å². The standard InChI is InChI=1S/C18H15ClFN3O2S/c1-23-16(24)10-15(17(25)22-14-5-3-2-4-13(14)19)26-18(23)21-12-8-6-11(20)7-9-12/h2-9,15H,10H2,1H3,(H,22,25). The predicted molar refractivity (Wildman–Crippen MR) is 102 cm³/mol. The summed E-state index contributed by atoms with van der Waals surface area (Å²) in [5.74, 6) is -0.910. The maximum atomic E-state index is 13.0. The van der Waals surface area contributed by atoms with Gasteiger partial charge in [-0.2, -0.15) is 0 Å². The number of nitrogens with one attached hydrogen (secondary N) is 1. The Bertz CT molecular complexity index is 873. The van der Waals surface area contributed by atoms with Crippen molar-refractivity contribution in [2.75, 3.05) is 12.4 Å². The lowest BCUT2D eigenvalue weighted by atomic mass is 10.2. The maximum Gasteiger partial charge on any atom is 0.238 e. The van der Waals surface area contributed by atoms with Gasteiger partial charge in [0, 0.05) is 13.5 Å². The van der Waals surface area contributed by atoms with Crippen molar-refractivity contribution in [3.8, 4) is 0 Å². The summed E-state index contributed by atoms with van der Waals surface area (Å²) in [6, 6.07) is 12.5. The molecule has 1 aliphatic heterocycles. The first-order chi connectivity index (χ1) is 12.4. The van der Waals surface area contributed by atoms with E-state index in [1.807, 2.05) is 0 Å². The van der Waals surface area contributed by atoms with Gasteiger partial charge in [0.05, 0.1) is 16.4 Å². The molecule has 2 aromatic rings. The van der Waals surface area contributed by atoms with Crippen LogP contribution in [0.25, 0.3) is 0 Å². The molecule has 0 aliphatic carbocycles. The topological polar surface area (TPSA) is 61.8 Å². The molecular formula is C18H15ClFN3O2S. The SMILES string of the molecule is CN1C(=O)CC(C(=O)Nc2ccccc2Cl)SC1=Nc1ccc(F)cc1. The van der Waals surface area contributed by atoms with E-state index in [-0.39, 0.29) is 24.1 Å². The normalized spacial score (nSPS) is 18.9. The van der Waals surface area contributed by atoms with Crippen LogP contribution in [0, 0.1) is 5.82 Å². The summed E-state index contributed by atoms with van der Waals surface area (Å²) in [5, 5.41) is 2.91. The first-order valence-corrected chi connectivity index (χ1v) is 9.02. The second-order valence-electron chi connectivity index (χ2n) is 5.60. The number of carbonyl (C=O) groups excluding carboxylic acids is 2. The summed E-state index contributed by atoms with van der Waals surface area (Å²) in [6.45, 7) is 0. The largest absolute Gasteiger partial charge is 0.324 e. The van der Waals surface area contributed by atoms with Crippen molar-refractivity contribution in [1.29, 1.82) is 0 Å². The number of amides is 2. The highest BCUT2D eigenvalue weighted by atomic mass is 35.5. The van der Waals surface area contributed by atoms with Crippen LogP contribution in [0.5, 0.6) is 0 Å². The van der Waals surface area contributed by atoms with Gasteiger partial charge in [-0.05, 0) is 36.4 Å². The van der Waals surface area contributed by atoms with Crippen molar-refractivity contribution < 1.29 is 14.0 Å². The number of carbonyl (C=O) groups is 2. The monoisotopic (exact) mass is 391 g/mol. The fourth-order valence-corrected chi connectivity index (χ4v) is 3.55. The summed E-state index contributed by atoms with van der Waals surface area (Å²) in [5.41, 5.74) is 0.990. The Balaban J connectivity index is 1.79. The van der Waals surface area contributed by atoms with Crippen LogP contribution in [0.2, 0.25) is 5.02 Å². The van der Waals surface area contributed by atoms with Gasteiger partial charge >= 0.3 is 0 Å². The zero-order valence-electron chi connectivity index (χ0n) is 13.8. The number of benzene rings is 2. The molecule has 1 unspecified atom stereocenters. The molecular weight excluding hydrogens is 377 g/mol. The summed E-state index contributed by atoms with van der Waals surface area (Å²) >= 11 is 7.24. The number of hydrogen-bond donors (Lipinski definition) is 1. The van der Waals surface area contributed by atoms with Crippen LogP contribution < -0.4 is 5.32 Å². The fourth-order valence-electron chi connectivity index (χ4n) is 2.30. The van der Waals surface area contributed by atoms with Crippen molar-refractivity contribution in [3.05, 3.63) is 59.4 Å². The highest BCUT2D eigenvalue weighted by Gasteiger charge is 2.34. The van der Waals surface area contributed by atoms with Crippen LogP contribution in [0.3, 0.4) is 0 Å². The quantitative estimate of drug-likeness (QED) is 0.857. The minimum Gasteiger partial charge on any atom is -0.324 e. The molecule has 0 aromatic heterocycles. The van der Waals surface area contributed by atoms with Gasteiger partial charge in [0.2, 0.25) is 11.8 Å². The molecule has 0 bridgehead atoms. The smallest absolute Gasteiger partial charge is 0.238 e. The molecule has 1 heterocycles. The molecule has 5 nitrogen and oxygen atoms in total. The van der Waals surface area contributed by atoms with Crippen molar-refractivity contribution in [2.45, 2.75) is 11.7 Å². The van der Waals surface area contributed by atoms with Crippen molar-refractivity contribution in [3.63, 3.8) is 0 Å². The number of anilines is 1. The van der Waals surface area contributed by atoms with E-state index in [9.17, 15) is 14.0 Å². The number of rotatable bonds is 3. The van der Waals surface area contributed by atoms with Gasteiger partial charge in [-0.3, -0.25) is 14.5 Å². The summed E-state index contributed by atoms with van der Waals surface area (Å²) in [7, 11) is 1.60. The third-order valence-electron chi connectivity index (χ3n) is 3.74. The molecule has 1 fully saturated rings. The maximum absolute atomic E-state index is 13.0. The van der Waals surface area contributed by atoms with Crippen molar-refractivity contribution in [2.24, 2.45) is 4.99 Å². The number of para-hydroxylation sites is 1. The average Bonchev–Trinajstić information content (AvgIpc) is 2.62. The molecule has 0 spiro atoms. The van der Waals surface area contributed by atoms with E-state index in [1.165, 1.54) is 40.9 Å². The van der Waals surface area contributed by atoms with E-state index in [1.54, 1.807) is 31.3 Å². The van der Waals surface area contributed by atoms with Crippen molar-refractivity contribution >= 4 is 51.7 Å². The summed E-state index contributed by atoms with van der Waals surface area (Å²) in [4.78, 5) is 30.6. The zero-order valence-corrected chi connectivity index (χ0v) is 15.4. The minimum absolute atomic E-state index is 0.0554. The molecule has 3 rings (SSSR count). The van der Waals surface area contributed by atoms with Crippen molar-refractivity contribution in [1.82, 2.24) is 4.90 Å². The molecule has 1 saturated heterocycles. The lowest BCUT2D eigenvalue weighted by Crippen LogP contribution is -2.43. The number of thioether (sulfide) groups is 1. The van der Waals surface area contributed by atoms with E-state index < -0.39 is 5.25 Å². The van der Waals surface area contributed by atoms with Crippen LogP contribution in [0.4, 0.5) is 15.8 Å². The molecule has 8 heteroatoms. The summed E-state index contributed by atoms with van der Waals surface area (Å²) < 4.78 is 13.0. The van der Waals surface area contributed by atoms with Gasteiger partial charge in [0.15, 0.2) is 5.17 Å². The Kier molecular flexibility index (Phi) is 5.58. The number of nitrogens with zero attached hydrogens (tertiary/aromatic N) is 2. The van der Waals surface area contributed by atoms with E-state index in [2.05, 4.69) is 10.3 Å². The molecule has 1 atom stereocenters. The number of aliphatic imine (C=N–C) groups is 1. The highest BCUT2D eigenvalue weighted by molar-refractivity contribution is 8.15. The van der Waals surface area contributed by atoms with Gasteiger partial charge in [0.1, 0.15) is 11.1 Å². The number of hydrogen-bond acceptors (Lipinski definition) is 4. The molecule has 2 amide bonds. The molecule has 0 radical (unpaired) electrons. The van der Waals surface area contributed by atoms with Crippen LogP contribution in [-0.2, 0) is 9.59 Å². The van der Waals surface area contributed by atoms with Gasteiger partial charge in [-0.1, -0.05) is 35.5 Å². The number of amidine groups is 1. The van der Waals surface area contributed by atoms with E-state index >= 15 is 0 Å². The van der Waals surface area contributed by atoms with E-state index in [4.69, 9.17) is 11.6 Å². The summed E-state index contributed by atoms with van der Waals surface area (Å²) in [6.07, 6.45) is 0.0554. The van der Waals surface area contributed by atoms with Crippen LogP contribution in [0.1, 0.15) is 6.42 Å². The third kappa shape index (κ3) is 4.23. The molecule has 26 heavy (non-hydrogen) atoms. The molecule has 2 aromatic carbocycles. The molecule has 1 N–H and O–H groups in total.